The summed E-state index contributed by atoms with van der Waals surface area (Å²) in [4.78, 5) is 23.8. The highest BCUT2D eigenvalue weighted by Crippen LogP contribution is 2.47. The summed E-state index contributed by atoms with van der Waals surface area (Å²) in [6, 6.07) is 22.6. The number of carbonyl (C=O) groups is 2. The Bertz CT molecular complexity index is 1150. The minimum Gasteiger partial charge on any atom is -0.491 e. The van der Waals surface area contributed by atoms with Crippen LogP contribution in [0.4, 0.5) is 8.99 Å². The Balaban J connectivity index is 1.11. The molecule has 3 aromatic rings. The van der Waals surface area contributed by atoms with Crippen LogP contribution in [0.25, 0.3) is 11.1 Å². The number of benzene rings is 3. The molecular formula is C26H26FNO6P2. The first-order chi connectivity index (χ1) is 17.5. The van der Waals surface area contributed by atoms with Crippen molar-refractivity contribution in [2.45, 2.75) is 5.92 Å². The molecule has 1 aliphatic rings. The summed E-state index contributed by atoms with van der Waals surface area (Å²) in [5.74, 6) is -0.166. The first-order valence-corrected chi connectivity index (χ1v) is 14.1. The smallest absolute Gasteiger partial charge is 0.407 e. The van der Waals surface area contributed by atoms with E-state index >= 15 is 0 Å². The van der Waals surface area contributed by atoms with Gasteiger partial charge in [0.25, 0.3) is 8.15 Å². The van der Waals surface area contributed by atoms with Gasteiger partial charge < -0.3 is 24.1 Å². The van der Waals surface area contributed by atoms with Gasteiger partial charge in [-0.05, 0) is 55.4 Å². The van der Waals surface area contributed by atoms with Crippen LogP contribution in [0.15, 0.2) is 72.8 Å². The molecular weight excluding hydrogens is 503 g/mol. The quantitative estimate of drug-likeness (QED) is 0.248. The van der Waals surface area contributed by atoms with Gasteiger partial charge in [-0.3, -0.25) is 0 Å². The van der Waals surface area contributed by atoms with E-state index in [9.17, 15) is 13.8 Å². The molecule has 1 aliphatic carbocycles. The zero-order chi connectivity index (χ0) is 25.3. The lowest BCUT2D eigenvalue weighted by molar-refractivity contribution is 0.0751. The van der Waals surface area contributed by atoms with Crippen molar-refractivity contribution in [3.05, 3.63) is 89.5 Å². The number of nitrogens with one attached hydrogen (secondary N) is 1. The Morgan fingerprint density at radius 1 is 0.889 bits per heavy atom. The fourth-order valence-electron chi connectivity index (χ4n) is 4.01. The molecule has 0 radical (unpaired) electrons. The van der Waals surface area contributed by atoms with Crippen LogP contribution in [-0.4, -0.2) is 45.0 Å². The Labute approximate surface area is 212 Å². The van der Waals surface area contributed by atoms with Crippen LogP contribution in [0, 0.1) is 0 Å². The number of hydrogen-bond acceptors (Lipinski definition) is 6. The third-order valence-electron chi connectivity index (χ3n) is 5.62. The van der Waals surface area contributed by atoms with Crippen molar-refractivity contribution in [2.24, 2.45) is 0 Å². The largest absolute Gasteiger partial charge is 0.491 e. The summed E-state index contributed by atoms with van der Waals surface area (Å²) in [6.45, 7) is 1.48. The van der Waals surface area contributed by atoms with Crippen molar-refractivity contribution in [2.75, 3.05) is 33.0 Å². The second-order valence-electron chi connectivity index (χ2n) is 7.89. The molecule has 0 aromatic heterocycles. The lowest BCUT2D eigenvalue weighted by Crippen LogP contribution is -2.29. The Morgan fingerprint density at radius 3 is 2.17 bits per heavy atom. The van der Waals surface area contributed by atoms with Gasteiger partial charge in [-0.2, -0.15) is 4.20 Å². The molecule has 188 valence electrons. The molecule has 4 rings (SSSR count). The molecule has 0 saturated carbocycles. The summed E-state index contributed by atoms with van der Waals surface area (Å²) in [5, 5.41) is 2.70. The van der Waals surface area contributed by atoms with E-state index in [1.54, 1.807) is 12.1 Å². The summed E-state index contributed by atoms with van der Waals surface area (Å²) < 4.78 is 33.8. The van der Waals surface area contributed by atoms with Gasteiger partial charge in [0, 0.05) is 12.5 Å². The van der Waals surface area contributed by atoms with Crippen LogP contribution in [-0.2, 0) is 14.0 Å². The van der Waals surface area contributed by atoms with E-state index in [1.807, 2.05) is 33.2 Å². The minimum atomic E-state index is -2.33. The Hall–Kier alpha value is -3.05. The summed E-state index contributed by atoms with van der Waals surface area (Å²) in [6.07, 6.45) is -0.489. The zero-order valence-corrected chi connectivity index (χ0v) is 21.4. The average molecular weight is 529 g/mol. The van der Waals surface area contributed by atoms with E-state index in [0.29, 0.717) is 25.5 Å². The first kappa shape index (κ1) is 26.0. The van der Waals surface area contributed by atoms with Crippen molar-refractivity contribution in [1.82, 2.24) is 5.32 Å². The highest BCUT2D eigenvalue weighted by atomic mass is 32.0. The number of alkyl carbamates (subject to hydrolysis) is 1. The third-order valence-corrected chi connectivity index (χ3v) is 6.27. The number of ether oxygens (including phenoxy) is 3. The zero-order valence-electron chi connectivity index (χ0n) is 19.4. The van der Waals surface area contributed by atoms with Gasteiger partial charge in [0.1, 0.15) is 19.0 Å². The van der Waals surface area contributed by atoms with Crippen LogP contribution in [0.5, 0.6) is 5.75 Å². The SMILES string of the molecule is O=C(NCCOCCOc1ccc(C(=O)OP(F)P)cc1)OCC1c2ccccc2-c2ccccc21. The number of carbonyl (C=O) groups excluding carboxylic acids is 2. The monoisotopic (exact) mass is 529 g/mol. The van der Waals surface area contributed by atoms with E-state index in [4.69, 9.17) is 14.2 Å². The Kier molecular flexibility index (Phi) is 9.23. The Morgan fingerprint density at radius 2 is 1.53 bits per heavy atom. The predicted octanol–water partition coefficient (Wildman–Crippen LogP) is 5.85. The second kappa shape index (κ2) is 12.8. The second-order valence-corrected chi connectivity index (χ2v) is 9.83. The van der Waals surface area contributed by atoms with Gasteiger partial charge in [-0.15, -0.1) is 0 Å². The topological polar surface area (TPSA) is 83.1 Å². The molecule has 1 N–H and O–H groups in total. The normalized spacial score (nSPS) is 12.8. The molecule has 2 atom stereocenters. The molecule has 2 unspecified atom stereocenters. The molecule has 0 spiro atoms. The van der Waals surface area contributed by atoms with E-state index in [0.717, 1.165) is 0 Å². The van der Waals surface area contributed by atoms with Crippen LogP contribution in [0.2, 0.25) is 0 Å². The van der Waals surface area contributed by atoms with Gasteiger partial charge in [0.15, 0.2) is 0 Å². The molecule has 0 fully saturated rings. The number of fused-ring (bicyclic) bond motifs is 3. The van der Waals surface area contributed by atoms with E-state index < -0.39 is 20.2 Å². The molecule has 1 amide bonds. The molecule has 0 saturated heterocycles. The summed E-state index contributed by atoms with van der Waals surface area (Å²) >= 11 is 0. The summed E-state index contributed by atoms with van der Waals surface area (Å²) in [7, 11) is -0.517. The maximum absolute atomic E-state index is 12.8. The van der Waals surface area contributed by atoms with Gasteiger partial charge in [0.2, 0.25) is 0 Å². The van der Waals surface area contributed by atoms with Crippen molar-refractivity contribution < 1.29 is 32.5 Å². The lowest BCUT2D eigenvalue weighted by atomic mass is 9.98. The van der Waals surface area contributed by atoms with Crippen LogP contribution in [0.3, 0.4) is 0 Å². The maximum atomic E-state index is 12.8. The fraction of sp³-hybridized carbons (Fsp3) is 0.231. The number of halogens is 1. The highest BCUT2D eigenvalue weighted by Gasteiger charge is 2.28. The maximum Gasteiger partial charge on any atom is 0.407 e. The number of rotatable bonds is 11. The molecule has 7 nitrogen and oxygen atoms in total. The molecule has 3 aromatic carbocycles. The van der Waals surface area contributed by atoms with Gasteiger partial charge in [-0.1, -0.05) is 48.5 Å². The highest BCUT2D eigenvalue weighted by molar-refractivity contribution is 8.08. The minimum absolute atomic E-state index is 0.0170. The lowest BCUT2D eigenvalue weighted by Gasteiger charge is -2.14. The van der Waals surface area contributed by atoms with Crippen LogP contribution in [0.1, 0.15) is 27.4 Å². The van der Waals surface area contributed by atoms with Crippen molar-refractivity contribution in [3.8, 4) is 16.9 Å². The molecule has 0 heterocycles. The van der Waals surface area contributed by atoms with E-state index in [1.165, 1.54) is 34.4 Å². The number of hydrogen-bond donors (Lipinski definition) is 1. The van der Waals surface area contributed by atoms with Crippen LogP contribution >= 0.6 is 17.1 Å². The molecule has 0 bridgehead atoms. The van der Waals surface area contributed by atoms with Gasteiger partial charge >= 0.3 is 12.1 Å². The predicted molar refractivity (Wildman–Crippen MR) is 139 cm³/mol. The molecule has 10 heteroatoms. The third kappa shape index (κ3) is 6.79. The van der Waals surface area contributed by atoms with Crippen molar-refractivity contribution >= 4 is 29.1 Å². The van der Waals surface area contributed by atoms with Gasteiger partial charge in [-0.25, -0.2) is 9.59 Å². The van der Waals surface area contributed by atoms with Crippen LogP contribution < -0.4 is 10.1 Å². The standard InChI is InChI=1S/C26H26FNO6P2/c27-36(35)34-25(29)18-9-11-19(12-10-18)32-16-15-31-14-13-28-26(30)33-17-24-22-7-3-1-5-20(22)21-6-2-4-8-23(21)24/h1-12,24H,13-17,35H2,(H,28,30). The first-order valence-electron chi connectivity index (χ1n) is 11.4. The van der Waals surface area contributed by atoms with Crippen molar-refractivity contribution in [3.63, 3.8) is 0 Å². The van der Waals surface area contributed by atoms with E-state index in [2.05, 4.69) is 34.1 Å². The van der Waals surface area contributed by atoms with Crippen molar-refractivity contribution in [1.29, 1.82) is 0 Å². The molecule has 36 heavy (non-hydrogen) atoms. The summed E-state index contributed by atoms with van der Waals surface area (Å²) in [5.41, 5.74) is 4.94. The fourth-order valence-corrected chi connectivity index (χ4v) is 4.57. The average Bonchev–Trinajstić information content (AvgIpc) is 3.20. The van der Waals surface area contributed by atoms with Gasteiger partial charge in [0.05, 0.1) is 18.8 Å². The molecule has 0 aliphatic heterocycles. The number of amides is 1. The van der Waals surface area contributed by atoms with E-state index in [-0.39, 0.29) is 24.7 Å².